The highest BCUT2D eigenvalue weighted by Crippen LogP contribution is 1.96. The van der Waals surface area contributed by atoms with Gasteiger partial charge in [0.05, 0.1) is 6.54 Å². The Balaban J connectivity index is 3.88. The molecule has 0 bridgehead atoms. The van der Waals surface area contributed by atoms with Gasteiger partial charge in [-0.1, -0.05) is 13.2 Å². The van der Waals surface area contributed by atoms with Gasteiger partial charge in [-0.3, -0.25) is 4.79 Å². The molecule has 0 aromatic heterocycles. The molecule has 5 nitrogen and oxygen atoms in total. The van der Waals surface area contributed by atoms with Crippen molar-refractivity contribution in [3.8, 4) is 0 Å². The van der Waals surface area contributed by atoms with E-state index in [1.165, 1.54) is 13.1 Å². The Bertz CT molecular complexity index is 254. The maximum atomic E-state index is 10.9. The van der Waals surface area contributed by atoms with Crippen LogP contribution in [0.5, 0.6) is 0 Å². The summed E-state index contributed by atoms with van der Waals surface area (Å²) in [7, 11) is 0. The van der Waals surface area contributed by atoms with Crippen LogP contribution in [-0.4, -0.2) is 41.6 Å². The maximum Gasteiger partial charge on any atom is 0.333 e. The quantitative estimate of drug-likeness (QED) is 0.369. The van der Waals surface area contributed by atoms with E-state index in [4.69, 9.17) is 0 Å². The van der Waals surface area contributed by atoms with Gasteiger partial charge in [0.1, 0.15) is 12.7 Å². The number of rotatable bonds is 7. The van der Waals surface area contributed by atoms with Crippen molar-refractivity contribution in [3.63, 3.8) is 0 Å². The van der Waals surface area contributed by atoms with E-state index in [9.17, 15) is 14.7 Å². The second kappa shape index (κ2) is 6.78. The fourth-order valence-electron chi connectivity index (χ4n) is 0.752. The molecule has 0 saturated heterocycles. The maximum absolute atomic E-state index is 10.9. The molecule has 0 aliphatic carbocycles. The van der Waals surface area contributed by atoms with Crippen LogP contribution in [0.15, 0.2) is 24.9 Å². The zero-order valence-electron chi connectivity index (χ0n) is 8.68. The molecule has 1 amide bonds. The molecule has 1 atom stereocenters. The van der Waals surface area contributed by atoms with E-state index in [-0.39, 0.29) is 18.7 Å². The normalized spacial score (nSPS) is 11.3. The van der Waals surface area contributed by atoms with E-state index in [1.807, 2.05) is 0 Å². The van der Waals surface area contributed by atoms with E-state index in [0.29, 0.717) is 6.41 Å². The van der Waals surface area contributed by atoms with Crippen molar-refractivity contribution >= 4 is 12.4 Å². The molecular formula is C10H15NO4. The van der Waals surface area contributed by atoms with Gasteiger partial charge in [-0.25, -0.2) is 4.79 Å². The highest BCUT2D eigenvalue weighted by Gasteiger charge is 2.11. The smallest absolute Gasteiger partial charge is 0.333 e. The monoisotopic (exact) mass is 213 g/mol. The number of nitrogens with zero attached hydrogens (tertiary/aromatic N) is 1. The van der Waals surface area contributed by atoms with Crippen LogP contribution in [0, 0.1) is 0 Å². The molecule has 0 heterocycles. The summed E-state index contributed by atoms with van der Waals surface area (Å²) in [5.74, 6) is -0.565. The number of esters is 1. The van der Waals surface area contributed by atoms with Crippen molar-refractivity contribution in [1.82, 2.24) is 4.90 Å². The zero-order chi connectivity index (χ0) is 11.8. The number of ether oxygens (including phenoxy) is 1. The van der Waals surface area contributed by atoms with Crippen LogP contribution >= 0.6 is 0 Å². The van der Waals surface area contributed by atoms with Gasteiger partial charge < -0.3 is 14.7 Å². The van der Waals surface area contributed by atoms with E-state index >= 15 is 0 Å². The molecule has 0 aromatic rings. The van der Waals surface area contributed by atoms with Crippen LogP contribution in [0.2, 0.25) is 0 Å². The standard InChI is InChI=1S/C10H15NO4/c1-4-11(7-12)5-9(13)6-15-10(14)8(2)3/h4,7,9,13H,1-2,5-6H2,3H3. The SMILES string of the molecule is C=CN(C=O)CC(O)COC(=O)C(=C)C. The molecule has 0 aliphatic rings. The number of carbonyl (C=O) groups is 2. The average Bonchev–Trinajstić information content (AvgIpc) is 2.22. The molecule has 1 unspecified atom stereocenters. The van der Waals surface area contributed by atoms with Gasteiger partial charge >= 0.3 is 5.97 Å². The summed E-state index contributed by atoms with van der Waals surface area (Å²) >= 11 is 0. The lowest BCUT2D eigenvalue weighted by atomic mass is 10.3. The topological polar surface area (TPSA) is 66.8 Å². The van der Waals surface area contributed by atoms with E-state index in [0.717, 1.165) is 4.90 Å². The first-order valence-corrected chi connectivity index (χ1v) is 4.35. The summed E-state index contributed by atoms with van der Waals surface area (Å²) in [6.45, 7) is 8.13. The van der Waals surface area contributed by atoms with E-state index < -0.39 is 12.1 Å². The first-order chi connectivity index (χ1) is 7.01. The average molecular weight is 213 g/mol. The summed E-state index contributed by atoms with van der Waals surface area (Å²) in [4.78, 5) is 22.4. The highest BCUT2D eigenvalue weighted by atomic mass is 16.5. The molecule has 0 saturated carbocycles. The Labute approximate surface area is 88.6 Å². The summed E-state index contributed by atoms with van der Waals surface area (Å²) < 4.78 is 4.69. The Morgan fingerprint density at radius 2 is 2.27 bits per heavy atom. The van der Waals surface area contributed by atoms with Crippen LogP contribution in [0.25, 0.3) is 0 Å². The Kier molecular flexibility index (Phi) is 6.05. The highest BCUT2D eigenvalue weighted by molar-refractivity contribution is 5.86. The number of amides is 1. The lowest BCUT2D eigenvalue weighted by Crippen LogP contribution is -2.31. The van der Waals surface area contributed by atoms with Gasteiger partial charge in [0.2, 0.25) is 6.41 Å². The predicted molar refractivity (Wildman–Crippen MR) is 54.7 cm³/mol. The molecule has 0 rings (SSSR count). The second-order valence-corrected chi connectivity index (χ2v) is 3.02. The van der Waals surface area contributed by atoms with Crippen molar-refractivity contribution in [2.75, 3.05) is 13.2 Å². The lowest BCUT2D eigenvalue weighted by Gasteiger charge is -2.16. The van der Waals surface area contributed by atoms with Crippen molar-refractivity contribution < 1.29 is 19.4 Å². The summed E-state index contributed by atoms with van der Waals surface area (Å²) in [6, 6.07) is 0. The molecule has 0 radical (unpaired) electrons. The fourth-order valence-corrected chi connectivity index (χ4v) is 0.752. The van der Waals surface area contributed by atoms with Crippen molar-refractivity contribution in [3.05, 3.63) is 24.9 Å². The number of hydrogen-bond acceptors (Lipinski definition) is 4. The predicted octanol–water partition coefficient (Wildman–Crippen LogP) is 0.0685. The van der Waals surface area contributed by atoms with Crippen LogP contribution in [0.1, 0.15) is 6.92 Å². The zero-order valence-corrected chi connectivity index (χ0v) is 8.68. The molecule has 0 aliphatic heterocycles. The summed E-state index contributed by atoms with van der Waals surface area (Å²) in [5.41, 5.74) is 0.262. The van der Waals surface area contributed by atoms with Crippen LogP contribution < -0.4 is 0 Å². The molecule has 84 valence electrons. The van der Waals surface area contributed by atoms with Gasteiger partial charge in [-0.15, -0.1) is 0 Å². The molecule has 0 spiro atoms. The molecule has 0 aromatic carbocycles. The van der Waals surface area contributed by atoms with Gasteiger partial charge in [-0.2, -0.15) is 0 Å². The van der Waals surface area contributed by atoms with Crippen molar-refractivity contribution in [2.24, 2.45) is 0 Å². The Morgan fingerprint density at radius 3 is 2.67 bits per heavy atom. The van der Waals surface area contributed by atoms with E-state index in [2.05, 4.69) is 17.9 Å². The van der Waals surface area contributed by atoms with Crippen LogP contribution in [0.4, 0.5) is 0 Å². The van der Waals surface area contributed by atoms with Gasteiger partial charge in [-0.05, 0) is 13.1 Å². The van der Waals surface area contributed by atoms with Crippen LogP contribution in [0.3, 0.4) is 0 Å². The van der Waals surface area contributed by atoms with Gasteiger partial charge in [0.15, 0.2) is 0 Å². The molecule has 1 N–H and O–H groups in total. The number of aliphatic hydroxyl groups is 1. The summed E-state index contributed by atoms with van der Waals surface area (Å²) in [6.07, 6.45) is 0.865. The van der Waals surface area contributed by atoms with Gasteiger partial charge in [0.25, 0.3) is 0 Å². The minimum atomic E-state index is -0.934. The number of aliphatic hydroxyl groups excluding tert-OH is 1. The molecule has 0 fully saturated rings. The third-order valence-electron chi connectivity index (χ3n) is 1.55. The Hall–Kier alpha value is -1.62. The molecular weight excluding hydrogens is 198 g/mol. The lowest BCUT2D eigenvalue weighted by molar-refractivity contribution is -0.142. The third kappa shape index (κ3) is 5.64. The number of hydrogen-bond donors (Lipinski definition) is 1. The third-order valence-corrected chi connectivity index (χ3v) is 1.55. The molecule has 15 heavy (non-hydrogen) atoms. The summed E-state index contributed by atoms with van der Waals surface area (Å²) in [5, 5.41) is 9.36. The minimum Gasteiger partial charge on any atom is -0.460 e. The number of carbonyl (C=O) groups excluding carboxylic acids is 2. The van der Waals surface area contributed by atoms with E-state index in [1.54, 1.807) is 0 Å². The minimum absolute atomic E-state index is 0.0382. The second-order valence-electron chi connectivity index (χ2n) is 3.02. The first kappa shape index (κ1) is 13.4. The van der Waals surface area contributed by atoms with Crippen LogP contribution in [-0.2, 0) is 14.3 Å². The van der Waals surface area contributed by atoms with Crippen molar-refractivity contribution in [2.45, 2.75) is 13.0 Å². The first-order valence-electron chi connectivity index (χ1n) is 4.35. The fraction of sp³-hybridized carbons (Fsp3) is 0.400. The van der Waals surface area contributed by atoms with Crippen molar-refractivity contribution in [1.29, 1.82) is 0 Å². The molecule has 5 heteroatoms. The Morgan fingerprint density at radius 1 is 1.67 bits per heavy atom. The van der Waals surface area contributed by atoms with Gasteiger partial charge in [0, 0.05) is 5.57 Å². The largest absolute Gasteiger partial charge is 0.460 e.